The molecule has 0 radical (unpaired) electrons. The molecule has 2 fully saturated rings. The number of thiol groups is 1. The van der Waals surface area contributed by atoms with Crippen molar-refractivity contribution in [2.75, 3.05) is 32.0 Å². The Morgan fingerprint density at radius 1 is 1.29 bits per heavy atom. The van der Waals surface area contributed by atoms with E-state index in [1.165, 1.54) is 45.1 Å². The molecule has 0 aromatic carbocycles. The SMILES string of the molecule is CCN(CC1CCCO1)CC1(CS)CCCC1. The van der Waals surface area contributed by atoms with Gasteiger partial charge in [0.2, 0.25) is 0 Å². The molecule has 1 heterocycles. The van der Waals surface area contributed by atoms with Crippen LogP contribution in [0.25, 0.3) is 0 Å². The van der Waals surface area contributed by atoms with E-state index >= 15 is 0 Å². The van der Waals surface area contributed by atoms with Gasteiger partial charge in [0, 0.05) is 19.7 Å². The van der Waals surface area contributed by atoms with Crippen LogP contribution in [-0.4, -0.2) is 43.0 Å². The Hall–Kier alpha value is 0.270. The quantitative estimate of drug-likeness (QED) is 0.735. The summed E-state index contributed by atoms with van der Waals surface area (Å²) in [6.45, 7) is 6.75. The van der Waals surface area contributed by atoms with Crippen molar-refractivity contribution < 1.29 is 4.74 Å². The molecule has 0 aromatic rings. The first kappa shape index (κ1) is 13.7. The van der Waals surface area contributed by atoms with Gasteiger partial charge in [0.1, 0.15) is 0 Å². The Morgan fingerprint density at radius 2 is 2.06 bits per heavy atom. The molecular formula is C14H27NOS. The van der Waals surface area contributed by atoms with E-state index in [0.29, 0.717) is 11.5 Å². The summed E-state index contributed by atoms with van der Waals surface area (Å²) in [7, 11) is 0. The topological polar surface area (TPSA) is 12.5 Å². The molecule has 1 saturated carbocycles. The lowest BCUT2D eigenvalue weighted by Gasteiger charge is -2.34. The summed E-state index contributed by atoms with van der Waals surface area (Å²) in [5.74, 6) is 1.05. The molecule has 1 aliphatic heterocycles. The van der Waals surface area contributed by atoms with E-state index in [2.05, 4.69) is 24.5 Å². The average Bonchev–Trinajstić information content (AvgIpc) is 3.00. The molecule has 1 saturated heterocycles. The average molecular weight is 257 g/mol. The number of hydrogen-bond acceptors (Lipinski definition) is 3. The van der Waals surface area contributed by atoms with E-state index in [1.54, 1.807) is 0 Å². The number of ether oxygens (including phenoxy) is 1. The smallest absolute Gasteiger partial charge is 0.0702 e. The molecule has 1 aliphatic carbocycles. The van der Waals surface area contributed by atoms with E-state index in [9.17, 15) is 0 Å². The minimum Gasteiger partial charge on any atom is -0.377 e. The fourth-order valence-corrected chi connectivity index (χ4v) is 3.76. The van der Waals surface area contributed by atoms with Gasteiger partial charge in [-0.3, -0.25) is 0 Å². The van der Waals surface area contributed by atoms with Crippen LogP contribution in [0.3, 0.4) is 0 Å². The lowest BCUT2D eigenvalue weighted by atomic mass is 9.87. The standard InChI is InChI=1S/C14H27NOS/c1-2-15(10-13-6-5-9-16-13)11-14(12-17)7-3-4-8-14/h13,17H,2-12H2,1H3. The highest BCUT2D eigenvalue weighted by molar-refractivity contribution is 7.80. The molecule has 0 bridgehead atoms. The van der Waals surface area contributed by atoms with Crippen molar-refractivity contribution in [3.8, 4) is 0 Å². The fraction of sp³-hybridized carbons (Fsp3) is 1.00. The zero-order valence-corrected chi connectivity index (χ0v) is 12.1. The maximum Gasteiger partial charge on any atom is 0.0702 e. The number of likely N-dealkylation sites (N-methyl/N-ethyl adjacent to an activating group) is 1. The monoisotopic (exact) mass is 257 g/mol. The predicted octanol–water partition coefficient (Wildman–Crippen LogP) is 2.98. The summed E-state index contributed by atoms with van der Waals surface area (Å²) in [5.41, 5.74) is 0.498. The van der Waals surface area contributed by atoms with Gasteiger partial charge in [-0.2, -0.15) is 12.6 Å². The third-order valence-electron chi connectivity index (χ3n) is 4.49. The van der Waals surface area contributed by atoms with Crippen molar-refractivity contribution in [2.24, 2.45) is 5.41 Å². The summed E-state index contributed by atoms with van der Waals surface area (Å²) >= 11 is 4.61. The summed E-state index contributed by atoms with van der Waals surface area (Å²) in [6, 6.07) is 0. The normalized spacial score (nSPS) is 28.1. The second kappa shape index (κ2) is 6.44. The molecule has 17 heavy (non-hydrogen) atoms. The van der Waals surface area contributed by atoms with Gasteiger partial charge in [-0.1, -0.05) is 19.8 Å². The summed E-state index contributed by atoms with van der Waals surface area (Å²) in [5, 5.41) is 0. The molecule has 2 nitrogen and oxygen atoms in total. The van der Waals surface area contributed by atoms with Gasteiger partial charge in [0.05, 0.1) is 6.10 Å². The van der Waals surface area contributed by atoms with Crippen molar-refractivity contribution >= 4 is 12.6 Å². The number of nitrogens with zero attached hydrogens (tertiary/aromatic N) is 1. The van der Waals surface area contributed by atoms with E-state index in [4.69, 9.17) is 4.74 Å². The molecule has 0 spiro atoms. The molecule has 2 rings (SSSR count). The van der Waals surface area contributed by atoms with Gasteiger partial charge in [0.25, 0.3) is 0 Å². The van der Waals surface area contributed by atoms with Gasteiger partial charge >= 0.3 is 0 Å². The van der Waals surface area contributed by atoms with Gasteiger partial charge < -0.3 is 9.64 Å². The molecule has 0 amide bonds. The van der Waals surface area contributed by atoms with Crippen molar-refractivity contribution in [1.29, 1.82) is 0 Å². The Balaban J connectivity index is 1.84. The summed E-state index contributed by atoms with van der Waals surface area (Å²) in [6.07, 6.45) is 8.55. The van der Waals surface area contributed by atoms with Gasteiger partial charge in [-0.25, -0.2) is 0 Å². The van der Waals surface area contributed by atoms with E-state index in [1.807, 2.05) is 0 Å². The zero-order chi connectivity index (χ0) is 12.1. The predicted molar refractivity (Wildman–Crippen MR) is 75.8 cm³/mol. The van der Waals surface area contributed by atoms with Gasteiger partial charge in [-0.05, 0) is 43.4 Å². The van der Waals surface area contributed by atoms with Crippen molar-refractivity contribution in [3.63, 3.8) is 0 Å². The first-order chi connectivity index (χ1) is 8.28. The van der Waals surface area contributed by atoms with Gasteiger partial charge in [-0.15, -0.1) is 0 Å². The number of rotatable bonds is 6. The first-order valence-corrected chi connectivity index (χ1v) is 7.86. The molecule has 0 N–H and O–H groups in total. The van der Waals surface area contributed by atoms with E-state index in [-0.39, 0.29) is 0 Å². The van der Waals surface area contributed by atoms with Crippen LogP contribution in [0.2, 0.25) is 0 Å². The number of hydrogen-bond donors (Lipinski definition) is 1. The summed E-state index contributed by atoms with van der Waals surface area (Å²) < 4.78 is 5.76. The van der Waals surface area contributed by atoms with Crippen LogP contribution in [0.1, 0.15) is 45.4 Å². The highest BCUT2D eigenvalue weighted by atomic mass is 32.1. The van der Waals surface area contributed by atoms with Crippen molar-refractivity contribution in [2.45, 2.75) is 51.6 Å². The highest BCUT2D eigenvalue weighted by Gasteiger charge is 2.34. The minimum atomic E-state index is 0.494. The lowest BCUT2D eigenvalue weighted by Crippen LogP contribution is -2.41. The largest absolute Gasteiger partial charge is 0.377 e. The summed E-state index contributed by atoms with van der Waals surface area (Å²) in [4.78, 5) is 2.59. The maximum atomic E-state index is 5.76. The molecule has 100 valence electrons. The minimum absolute atomic E-state index is 0.494. The van der Waals surface area contributed by atoms with Crippen LogP contribution in [0.15, 0.2) is 0 Å². The molecule has 1 atom stereocenters. The Bertz CT molecular complexity index is 222. The molecular weight excluding hydrogens is 230 g/mol. The van der Waals surface area contributed by atoms with E-state index < -0.39 is 0 Å². The molecule has 2 aliphatic rings. The molecule has 3 heteroatoms. The van der Waals surface area contributed by atoms with Crippen LogP contribution in [-0.2, 0) is 4.74 Å². The van der Waals surface area contributed by atoms with Crippen LogP contribution in [0, 0.1) is 5.41 Å². The second-order valence-electron chi connectivity index (χ2n) is 5.83. The van der Waals surface area contributed by atoms with Crippen molar-refractivity contribution in [3.05, 3.63) is 0 Å². The zero-order valence-electron chi connectivity index (χ0n) is 11.2. The third kappa shape index (κ3) is 3.62. The maximum absolute atomic E-state index is 5.76. The second-order valence-corrected chi connectivity index (χ2v) is 6.14. The highest BCUT2D eigenvalue weighted by Crippen LogP contribution is 2.39. The van der Waals surface area contributed by atoms with Crippen LogP contribution in [0.4, 0.5) is 0 Å². The fourth-order valence-electron chi connectivity index (χ4n) is 3.35. The lowest BCUT2D eigenvalue weighted by molar-refractivity contribution is 0.0603. The van der Waals surface area contributed by atoms with Crippen molar-refractivity contribution in [1.82, 2.24) is 4.90 Å². The Labute approximate surface area is 112 Å². The van der Waals surface area contributed by atoms with Crippen LogP contribution < -0.4 is 0 Å². The molecule has 1 unspecified atom stereocenters. The Morgan fingerprint density at radius 3 is 2.59 bits per heavy atom. The van der Waals surface area contributed by atoms with Crippen LogP contribution in [0.5, 0.6) is 0 Å². The third-order valence-corrected chi connectivity index (χ3v) is 5.16. The van der Waals surface area contributed by atoms with E-state index in [0.717, 1.165) is 25.4 Å². The van der Waals surface area contributed by atoms with Crippen LogP contribution >= 0.6 is 12.6 Å². The Kier molecular flexibility index (Phi) is 5.19. The van der Waals surface area contributed by atoms with Gasteiger partial charge in [0.15, 0.2) is 0 Å². The molecule has 0 aromatic heterocycles. The first-order valence-electron chi connectivity index (χ1n) is 7.23.